The average molecular weight is 295 g/mol. The number of alkyl halides is 1. The predicted octanol–water partition coefficient (Wildman–Crippen LogP) is 4.74. The van der Waals surface area contributed by atoms with E-state index in [1.807, 2.05) is 0 Å². The first-order valence-corrected chi connectivity index (χ1v) is 6.97. The summed E-state index contributed by atoms with van der Waals surface area (Å²) in [5.41, 5.74) is 1.13. The molecule has 0 aliphatic carbocycles. The lowest BCUT2D eigenvalue weighted by Gasteiger charge is -2.06. The van der Waals surface area contributed by atoms with Crippen LogP contribution in [0.25, 0.3) is 21.5 Å². The van der Waals surface area contributed by atoms with Crippen molar-refractivity contribution in [3.63, 3.8) is 0 Å². The van der Waals surface area contributed by atoms with Crippen molar-refractivity contribution in [2.75, 3.05) is 5.33 Å². The fourth-order valence-electron chi connectivity index (χ4n) is 2.27. The first-order chi connectivity index (χ1) is 8.90. The van der Waals surface area contributed by atoms with Crippen LogP contribution in [0.1, 0.15) is 5.56 Å². The van der Waals surface area contributed by atoms with E-state index in [9.17, 15) is 0 Å². The van der Waals surface area contributed by atoms with Crippen LogP contribution < -0.4 is 0 Å². The van der Waals surface area contributed by atoms with E-state index >= 15 is 0 Å². The maximum absolute atomic E-state index is 3.36. The highest BCUT2D eigenvalue weighted by Crippen LogP contribution is 2.27. The molecular formula is C17H11Br. The summed E-state index contributed by atoms with van der Waals surface area (Å²) in [6.07, 6.45) is 0. The van der Waals surface area contributed by atoms with Gasteiger partial charge in [-0.05, 0) is 27.6 Å². The molecule has 3 aromatic rings. The fraction of sp³-hybridized carbons (Fsp3) is 0.0588. The molecular weight excluding hydrogens is 284 g/mol. The lowest BCUT2D eigenvalue weighted by atomic mass is 9.97. The van der Waals surface area contributed by atoms with E-state index in [0.717, 1.165) is 5.56 Å². The first-order valence-electron chi connectivity index (χ1n) is 5.85. The van der Waals surface area contributed by atoms with Crippen LogP contribution in [0.15, 0.2) is 54.6 Å². The molecule has 0 fully saturated rings. The summed E-state index contributed by atoms with van der Waals surface area (Å²) >= 11 is 3.36. The van der Waals surface area contributed by atoms with E-state index in [4.69, 9.17) is 0 Å². The monoisotopic (exact) mass is 294 g/mol. The summed E-state index contributed by atoms with van der Waals surface area (Å²) in [6.45, 7) is 0. The lowest BCUT2D eigenvalue weighted by Crippen LogP contribution is -1.84. The summed E-state index contributed by atoms with van der Waals surface area (Å²) < 4.78 is 0. The smallest absolute Gasteiger partial charge is 0.0649 e. The molecule has 0 heterocycles. The second kappa shape index (κ2) is 4.84. The molecule has 1 heteroatoms. The van der Waals surface area contributed by atoms with Gasteiger partial charge in [-0.2, -0.15) is 0 Å². The topological polar surface area (TPSA) is 0 Å². The summed E-state index contributed by atoms with van der Waals surface area (Å²) in [7, 11) is 0. The van der Waals surface area contributed by atoms with Crippen molar-refractivity contribution < 1.29 is 0 Å². The second-order valence-electron chi connectivity index (χ2n) is 4.13. The zero-order valence-corrected chi connectivity index (χ0v) is 11.4. The first kappa shape index (κ1) is 11.3. The largest absolute Gasteiger partial charge is 0.0863 e. The fourth-order valence-corrected chi connectivity index (χ4v) is 2.41. The molecule has 0 unspecified atom stereocenters. The van der Waals surface area contributed by atoms with Gasteiger partial charge in [0.25, 0.3) is 0 Å². The Morgan fingerprint density at radius 2 is 1.39 bits per heavy atom. The standard InChI is InChI=1S/C17H11Br/c18-11-5-10-17-15-8-3-1-6-13(15)12-14-7-2-4-9-16(14)17/h1-4,6-9,12H,11H2. The van der Waals surface area contributed by atoms with Crippen LogP contribution in [0.2, 0.25) is 0 Å². The van der Waals surface area contributed by atoms with Gasteiger partial charge in [-0.25, -0.2) is 0 Å². The van der Waals surface area contributed by atoms with Gasteiger partial charge in [-0.3, -0.25) is 0 Å². The van der Waals surface area contributed by atoms with Gasteiger partial charge in [0.15, 0.2) is 0 Å². The third kappa shape index (κ3) is 1.89. The normalized spacial score (nSPS) is 10.3. The molecule has 18 heavy (non-hydrogen) atoms. The molecule has 0 N–H and O–H groups in total. The zero-order valence-electron chi connectivity index (χ0n) is 9.78. The highest BCUT2D eigenvalue weighted by molar-refractivity contribution is 9.09. The Balaban J connectivity index is 2.49. The quantitative estimate of drug-likeness (QED) is 0.319. The molecule has 0 bridgehead atoms. The molecule has 3 aromatic carbocycles. The third-order valence-electron chi connectivity index (χ3n) is 3.05. The van der Waals surface area contributed by atoms with Crippen molar-refractivity contribution in [2.45, 2.75) is 0 Å². The number of benzene rings is 3. The minimum atomic E-state index is 0.699. The van der Waals surface area contributed by atoms with Crippen LogP contribution in [0, 0.1) is 11.8 Å². The molecule has 0 spiro atoms. The van der Waals surface area contributed by atoms with Crippen molar-refractivity contribution in [1.82, 2.24) is 0 Å². The van der Waals surface area contributed by atoms with E-state index < -0.39 is 0 Å². The number of rotatable bonds is 0. The van der Waals surface area contributed by atoms with Crippen LogP contribution in [0.5, 0.6) is 0 Å². The average Bonchev–Trinajstić information content (AvgIpc) is 2.43. The molecule has 0 amide bonds. The maximum atomic E-state index is 3.36. The second-order valence-corrected chi connectivity index (χ2v) is 4.69. The molecule has 3 rings (SSSR count). The van der Waals surface area contributed by atoms with Gasteiger partial charge in [0.1, 0.15) is 0 Å². The van der Waals surface area contributed by atoms with Crippen molar-refractivity contribution in [1.29, 1.82) is 0 Å². The van der Waals surface area contributed by atoms with E-state index in [-0.39, 0.29) is 0 Å². The summed E-state index contributed by atoms with van der Waals surface area (Å²) in [4.78, 5) is 0. The Morgan fingerprint density at radius 3 is 1.94 bits per heavy atom. The Kier molecular flexibility index (Phi) is 3.04. The van der Waals surface area contributed by atoms with Gasteiger partial charge in [0, 0.05) is 5.56 Å². The summed E-state index contributed by atoms with van der Waals surface area (Å²) in [6, 6.07) is 19.1. The van der Waals surface area contributed by atoms with Gasteiger partial charge in [0.05, 0.1) is 5.33 Å². The van der Waals surface area contributed by atoms with E-state index in [1.165, 1.54) is 21.5 Å². The number of hydrogen-bond acceptors (Lipinski definition) is 0. The Bertz CT molecular complexity index is 722. The van der Waals surface area contributed by atoms with E-state index in [1.54, 1.807) is 0 Å². The number of hydrogen-bond donors (Lipinski definition) is 0. The highest BCUT2D eigenvalue weighted by atomic mass is 79.9. The van der Waals surface area contributed by atoms with E-state index in [2.05, 4.69) is 82.4 Å². The van der Waals surface area contributed by atoms with Gasteiger partial charge in [-0.1, -0.05) is 76.3 Å². The van der Waals surface area contributed by atoms with Gasteiger partial charge < -0.3 is 0 Å². The van der Waals surface area contributed by atoms with Crippen molar-refractivity contribution in [3.8, 4) is 11.8 Å². The van der Waals surface area contributed by atoms with Crippen LogP contribution in [-0.2, 0) is 0 Å². The molecule has 0 atom stereocenters. The SMILES string of the molecule is BrCC#Cc1c2ccccc2cc2ccccc12. The van der Waals surface area contributed by atoms with Gasteiger partial charge in [0.2, 0.25) is 0 Å². The van der Waals surface area contributed by atoms with Gasteiger partial charge >= 0.3 is 0 Å². The molecule has 0 aliphatic heterocycles. The third-order valence-corrected chi connectivity index (χ3v) is 3.33. The minimum absolute atomic E-state index is 0.699. The molecule has 86 valence electrons. The molecule has 0 nitrogen and oxygen atoms in total. The van der Waals surface area contributed by atoms with Gasteiger partial charge in [-0.15, -0.1) is 0 Å². The van der Waals surface area contributed by atoms with Crippen molar-refractivity contribution in [3.05, 3.63) is 60.2 Å². The highest BCUT2D eigenvalue weighted by Gasteiger charge is 2.04. The van der Waals surface area contributed by atoms with Crippen LogP contribution in [-0.4, -0.2) is 5.33 Å². The van der Waals surface area contributed by atoms with Crippen LogP contribution >= 0.6 is 15.9 Å². The maximum Gasteiger partial charge on any atom is 0.0649 e. The predicted molar refractivity (Wildman–Crippen MR) is 82.1 cm³/mol. The summed E-state index contributed by atoms with van der Waals surface area (Å²) in [5.74, 6) is 6.40. The minimum Gasteiger partial charge on any atom is -0.0863 e. The van der Waals surface area contributed by atoms with Crippen LogP contribution in [0.4, 0.5) is 0 Å². The lowest BCUT2D eigenvalue weighted by molar-refractivity contribution is 1.73. The summed E-state index contributed by atoms with van der Waals surface area (Å²) in [5, 5.41) is 5.64. The Labute approximate surface area is 115 Å². The molecule has 0 radical (unpaired) electrons. The number of halogens is 1. The molecule has 0 saturated carbocycles. The molecule has 0 aromatic heterocycles. The van der Waals surface area contributed by atoms with E-state index in [0.29, 0.717) is 5.33 Å². The molecule has 0 saturated heterocycles. The Morgan fingerprint density at radius 1 is 0.833 bits per heavy atom. The van der Waals surface area contributed by atoms with Crippen molar-refractivity contribution in [2.24, 2.45) is 0 Å². The van der Waals surface area contributed by atoms with Crippen molar-refractivity contribution >= 4 is 37.5 Å². The van der Waals surface area contributed by atoms with Crippen LogP contribution in [0.3, 0.4) is 0 Å². The Hall–Kier alpha value is -1.78. The molecule has 0 aliphatic rings. The number of fused-ring (bicyclic) bond motifs is 2. The zero-order chi connectivity index (χ0) is 12.4.